The minimum absolute atomic E-state index is 0.0451. The van der Waals surface area contributed by atoms with Crippen molar-refractivity contribution in [2.24, 2.45) is 0 Å². The first-order chi connectivity index (χ1) is 9.98. The fourth-order valence-corrected chi connectivity index (χ4v) is 1.95. The number of ether oxygens (including phenoxy) is 2. The van der Waals surface area contributed by atoms with Crippen LogP contribution in [0.5, 0.6) is 5.88 Å². The number of amides is 1. The van der Waals surface area contributed by atoms with E-state index in [9.17, 15) is 4.79 Å². The van der Waals surface area contributed by atoms with E-state index in [-0.39, 0.29) is 24.2 Å². The van der Waals surface area contributed by atoms with Gasteiger partial charge in [0.25, 0.3) is 0 Å². The van der Waals surface area contributed by atoms with Gasteiger partial charge in [-0.2, -0.15) is 0 Å². The zero-order chi connectivity index (χ0) is 15.3. The third-order valence-corrected chi connectivity index (χ3v) is 3.22. The summed E-state index contributed by atoms with van der Waals surface area (Å²) in [6.45, 7) is 7.90. The molecule has 0 bridgehead atoms. The molecular formula is C15H23N3O3. The van der Waals surface area contributed by atoms with Crippen molar-refractivity contribution in [3.05, 3.63) is 23.9 Å². The molecule has 0 aliphatic carbocycles. The van der Waals surface area contributed by atoms with E-state index in [1.807, 2.05) is 32.9 Å². The number of aromatic nitrogens is 1. The Morgan fingerprint density at radius 1 is 1.52 bits per heavy atom. The van der Waals surface area contributed by atoms with Crippen LogP contribution in [-0.2, 0) is 16.1 Å². The van der Waals surface area contributed by atoms with Gasteiger partial charge in [0.05, 0.1) is 11.7 Å². The number of hydrogen-bond donors (Lipinski definition) is 2. The van der Waals surface area contributed by atoms with Crippen LogP contribution in [0.2, 0.25) is 0 Å². The van der Waals surface area contributed by atoms with Gasteiger partial charge in [0.1, 0.15) is 6.61 Å². The molecule has 1 amide bonds. The number of carbonyl (C=O) groups excluding carboxylic acids is 1. The van der Waals surface area contributed by atoms with E-state index in [0.717, 1.165) is 18.7 Å². The van der Waals surface area contributed by atoms with Crippen LogP contribution in [-0.4, -0.2) is 42.3 Å². The molecule has 0 aromatic carbocycles. The van der Waals surface area contributed by atoms with Gasteiger partial charge < -0.3 is 20.1 Å². The van der Waals surface area contributed by atoms with Gasteiger partial charge in [-0.3, -0.25) is 4.79 Å². The predicted octanol–water partition coefficient (Wildman–Crippen LogP) is 0.863. The van der Waals surface area contributed by atoms with Gasteiger partial charge in [-0.05, 0) is 26.8 Å². The van der Waals surface area contributed by atoms with E-state index in [2.05, 4.69) is 15.6 Å². The molecule has 2 rings (SSSR count). The van der Waals surface area contributed by atoms with Gasteiger partial charge in [0, 0.05) is 31.4 Å². The summed E-state index contributed by atoms with van der Waals surface area (Å²) in [6.07, 6.45) is 1.72. The van der Waals surface area contributed by atoms with Gasteiger partial charge in [-0.15, -0.1) is 0 Å². The summed E-state index contributed by atoms with van der Waals surface area (Å²) in [7, 11) is 0. The van der Waals surface area contributed by atoms with Gasteiger partial charge in [-0.25, -0.2) is 4.98 Å². The summed E-state index contributed by atoms with van der Waals surface area (Å²) in [5, 5.41) is 5.96. The lowest BCUT2D eigenvalue weighted by atomic mass is 10.0. The molecule has 2 N–H and O–H groups in total. The molecule has 0 saturated carbocycles. The minimum atomic E-state index is -0.211. The number of carbonyl (C=O) groups is 1. The number of rotatable bonds is 7. The van der Waals surface area contributed by atoms with E-state index in [4.69, 9.17) is 9.47 Å². The normalized spacial score (nSPS) is 16.4. The number of nitrogens with zero attached hydrogens (tertiary/aromatic N) is 1. The molecule has 1 aromatic rings. The summed E-state index contributed by atoms with van der Waals surface area (Å²) < 4.78 is 11.2. The maximum absolute atomic E-state index is 11.8. The Balaban J connectivity index is 1.80. The number of pyridine rings is 1. The van der Waals surface area contributed by atoms with Gasteiger partial charge >= 0.3 is 0 Å². The summed E-state index contributed by atoms with van der Waals surface area (Å²) in [5.74, 6) is 0.423. The monoisotopic (exact) mass is 293 g/mol. The lowest BCUT2D eigenvalue weighted by molar-refractivity contribution is -0.136. The Morgan fingerprint density at radius 3 is 2.90 bits per heavy atom. The molecule has 1 saturated heterocycles. The van der Waals surface area contributed by atoms with Crippen LogP contribution in [0.15, 0.2) is 18.3 Å². The van der Waals surface area contributed by atoms with Crippen LogP contribution >= 0.6 is 0 Å². The molecule has 0 radical (unpaired) electrons. The Labute approximate surface area is 125 Å². The molecule has 21 heavy (non-hydrogen) atoms. The van der Waals surface area contributed by atoms with E-state index < -0.39 is 0 Å². The molecule has 6 nitrogen and oxygen atoms in total. The highest BCUT2D eigenvalue weighted by atomic mass is 16.5. The molecule has 1 aliphatic heterocycles. The van der Waals surface area contributed by atoms with E-state index in [0.29, 0.717) is 12.4 Å². The Kier molecular flexibility index (Phi) is 5.14. The van der Waals surface area contributed by atoms with Crippen molar-refractivity contribution in [3.63, 3.8) is 0 Å². The first-order valence-corrected chi connectivity index (χ1v) is 7.20. The topological polar surface area (TPSA) is 72.5 Å². The SMILES string of the molecule is CC(C)Oc1ncccc1CNC(=O)COC1(C)CNC1. The molecule has 0 atom stereocenters. The summed E-state index contributed by atoms with van der Waals surface area (Å²) in [4.78, 5) is 16.0. The number of hydrogen-bond acceptors (Lipinski definition) is 5. The minimum Gasteiger partial charge on any atom is -0.475 e. The highest BCUT2D eigenvalue weighted by Crippen LogP contribution is 2.16. The van der Waals surface area contributed by atoms with Crippen LogP contribution in [0.25, 0.3) is 0 Å². The van der Waals surface area contributed by atoms with Gasteiger partial charge in [-0.1, -0.05) is 6.07 Å². The predicted molar refractivity (Wildman–Crippen MR) is 79.1 cm³/mol. The molecule has 0 spiro atoms. The maximum Gasteiger partial charge on any atom is 0.246 e. The van der Waals surface area contributed by atoms with Crippen molar-refractivity contribution in [2.75, 3.05) is 19.7 Å². The van der Waals surface area contributed by atoms with Crippen molar-refractivity contribution in [1.29, 1.82) is 0 Å². The van der Waals surface area contributed by atoms with Crippen molar-refractivity contribution < 1.29 is 14.3 Å². The summed E-state index contributed by atoms with van der Waals surface area (Å²) >= 11 is 0. The third-order valence-electron chi connectivity index (χ3n) is 3.22. The fraction of sp³-hybridized carbons (Fsp3) is 0.600. The standard InChI is InChI=1S/C15H23N3O3/c1-11(2)21-14-12(5-4-6-17-14)7-18-13(19)8-20-15(3)9-16-10-15/h4-6,11,16H,7-10H2,1-3H3,(H,18,19). The van der Waals surface area contributed by atoms with E-state index in [1.165, 1.54) is 0 Å². The van der Waals surface area contributed by atoms with Crippen LogP contribution in [0, 0.1) is 0 Å². The first-order valence-electron chi connectivity index (χ1n) is 7.20. The first kappa shape index (κ1) is 15.7. The second-order valence-corrected chi connectivity index (χ2v) is 5.75. The molecule has 2 heterocycles. The second kappa shape index (κ2) is 6.87. The maximum atomic E-state index is 11.8. The quantitative estimate of drug-likeness (QED) is 0.780. The summed E-state index contributed by atoms with van der Waals surface area (Å²) in [6, 6.07) is 3.72. The van der Waals surface area contributed by atoms with Crippen LogP contribution in [0.4, 0.5) is 0 Å². The van der Waals surface area contributed by atoms with Crippen LogP contribution < -0.4 is 15.4 Å². The van der Waals surface area contributed by atoms with Crippen LogP contribution in [0.3, 0.4) is 0 Å². The van der Waals surface area contributed by atoms with Crippen LogP contribution in [0.1, 0.15) is 26.3 Å². The molecule has 1 aromatic heterocycles. The molecule has 0 unspecified atom stereocenters. The highest BCUT2D eigenvalue weighted by Gasteiger charge is 2.32. The lowest BCUT2D eigenvalue weighted by Crippen LogP contribution is -2.59. The third kappa shape index (κ3) is 4.68. The molecule has 1 aliphatic rings. The Bertz CT molecular complexity index is 487. The van der Waals surface area contributed by atoms with Crippen molar-refractivity contribution >= 4 is 5.91 Å². The van der Waals surface area contributed by atoms with E-state index in [1.54, 1.807) is 6.20 Å². The second-order valence-electron chi connectivity index (χ2n) is 5.75. The Hall–Kier alpha value is -1.66. The average Bonchev–Trinajstić information content (AvgIpc) is 2.41. The Morgan fingerprint density at radius 2 is 2.29 bits per heavy atom. The van der Waals surface area contributed by atoms with Crippen molar-refractivity contribution in [3.8, 4) is 5.88 Å². The van der Waals surface area contributed by atoms with Gasteiger partial charge in [0.2, 0.25) is 11.8 Å². The van der Waals surface area contributed by atoms with E-state index >= 15 is 0 Å². The van der Waals surface area contributed by atoms with Crippen molar-refractivity contribution in [1.82, 2.24) is 15.6 Å². The fourth-order valence-electron chi connectivity index (χ4n) is 1.95. The molecule has 6 heteroatoms. The summed E-state index contributed by atoms with van der Waals surface area (Å²) in [5.41, 5.74) is 0.647. The smallest absolute Gasteiger partial charge is 0.246 e. The zero-order valence-corrected chi connectivity index (χ0v) is 12.8. The molecule has 1 fully saturated rings. The molecular weight excluding hydrogens is 270 g/mol. The average molecular weight is 293 g/mol. The van der Waals surface area contributed by atoms with Gasteiger partial charge in [0.15, 0.2) is 0 Å². The highest BCUT2D eigenvalue weighted by molar-refractivity contribution is 5.77. The largest absolute Gasteiger partial charge is 0.475 e. The zero-order valence-electron chi connectivity index (χ0n) is 12.8. The number of nitrogens with one attached hydrogen (secondary N) is 2. The lowest BCUT2D eigenvalue weighted by Gasteiger charge is -2.38. The molecule has 116 valence electrons. The van der Waals surface area contributed by atoms with Crippen molar-refractivity contribution in [2.45, 2.75) is 39.0 Å².